The van der Waals surface area contributed by atoms with Crippen molar-refractivity contribution in [2.24, 2.45) is 0 Å². The number of aromatic nitrogens is 2. The van der Waals surface area contributed by atoms with Gasteiger partial charge in [0, 0.05) is 23.2 Å². The monoisotopic (exact) mass is 331 g/mol. The minimum atomic E-state index is -0.379. The van der Waals surface area contributed by atoms with Gasteiger partial charge in [-0.05, 0) is 18.2 Å². The molecule has 3 rings (SSSR count). The molecule has 2 aromatic heterocycles. The Morgan fingerprint density at radius 3 is 2.74 bits per heavy atom. The summed E-state index contributed by atoms with van der Waals surface area (Å²) in [4.78, 5) is 16.1. The van der Waals surface area contributed by atoms with E-state index in [0.29, 0.717) is 22.4 Å². The first kappa shape index (κ1) is 15.0. The number of ether oxygens (including phenoxy) is 2. The van der Waals surface area contributed by atoms with Crippen molar-refractivity contribution in [2.75, 3.05) is 19.5 Å². The summed E-state index contributed by atoms with van der Waals surface area (Å²) in [5.74, 6) is 1.25. The maximum Gasteiger partial charge on any atom is 0.279 e. The van der Waals surface area contributed by atoms with Gasteiger partial charge in [0.2, 0.25) is 0 Å². The Labute approximate surface area is 135 Å². The van der Waals surface area contributed by atoms with Crippen LogP contribution in [0.15, 0.2) is 40.4 Å². The van der Waals surface area contributed by atoms with Gasteiger partial charge in [-0.2, -0.15) is 0 Å². The fourth-order valence-electron chi connectivity index (χ4n) is 1.95. The Balaban J connectivity index is 1.82. The van der Waals surface area contributed by atoms with Crippen molar-refractivity contribution in [1.29, 1.82) is 0 Å². The van der Waals surface area contributed by atoms with E-state index >= 15 is 0 Å². The number of anilines is 1. The highest BCUT2D eigenvalue weighted by atomic mass is 32.1. The molecule has 118 valence electrons. The molecule has 8 heteroatoms. The maximum absolute atomic E-state index is 12.1. The summed E-state index contributed by atoms with van der Waals surface area (Å²) < 4.78 is 15.7. The van der Waals surface area contributed by atoms with Crippen molar-refractivity contribution < 1.29 is 18.8 Å². The van der Waals surface area contributed by atoms with E-state index in [9.17, 15) is 4.79 Å². The zero-order valence-electron chi connectivity index (χ0n) is 12.4. The van der Waals surface area contributed by atoms with Crippen molar-refractivity contribution >= 4 is 22.4 Å². The Morgan fingerprint density at radius 2 is 2.04 bits per heavy atom. The van der Waals surface area contributed by atoms with Crippen LogP contribution in [0.1, 0.15) is 10.5 Å². The number of benzene rings is 1. The lowest BCUT2D eigenvalue weighted by molar-refractivity contribution is 0.101. The topological polar surface area (TPSA) is 86.5 Å². The van der Waals surface area contributed by atoms with Gasteiger partial charge in [-0.1, -0.05) is 5.16 Å². The van der Waals surface area contributed by atoms with E-state index in [2.05, 4.69) is 15.5 Å². The summed E-state index contributed by atoms with van der Waals surface area (Å²) in [6, 6.07) is 6.86. The second-order valence-corrected chi connectivity index (χ2v) is 5.33. The number of nitrogens with one attached hydrogen (secondary N) is 1. The van der Waals surface area contributed by atoms with E-state index in [1.165, 1.54) is 11.3 Å². The second-order valence-electron chi connectivity index (χ2n) is 4.44. The molecule has 7 nitrogen and oxygen atoms in total. The predicted octanol–water partition coefficient (Wildman–Crippen LogP) is 3.07. The summed E-state index contributed by atoms with van der Waals surface area (Å²) in [7, 11) is 3.11. The lowest BCUT2D eigenvalue weighted by Crippen LogP contribution is -2.11. The number of rotatable bonds is 5. The molecule has 0 fully saturated rings. The first-order valence-corrected chi connectivity index (χ1v) is 7.49. The second kappa shape index (κ2) is 6.49. The van der Waals surface area contributed by atoms with Gasteiger partial charge in [-0.25, -0.2) is 4.98 Å². The van der Waals surface area contributed by atoms with Gasteiger partial charge in [0.05, 0.1) is 14.2 Å². The zero-order valence-corrected chi connectivity index (χ0v) is 13.2. The lowest BCUT2D eigenvalue weighted by Gasteiger charge is -2.07. The highest BCUT2D eigenvalue weighted by Gasteiger charge is 2.16. The van der Waals surface area contributed by atoms with Crippen LogP contribution in [0.2, 0.25) is 0 Å². The number of hydrogen-bond donors (Lipinski definition) is 1. The van der Waals surface area contributed by atoms with E-state index < -0.39 is 0 Å². The van der Waals surface area contributed by atoms with Gasteiger partial charge in [-0.15, -0.1) is 11.3 Å². The number of thiazole rings is 1. The van der Waals surface area contributed by atoms with Crippen molar-refractivity contribution in [3.63, 3.8) is 0 Å². The van der Waals surface area contributed by atoms with Crippen molar-refractivity contribution in [2.45, 2.75) is 0 Å². The molecule has 0 radical (unpaired) electrons. The lowest BCUT2D eigenvalue weighted by atomic mass is 10.1. The molecule has 1 N–H and O–H groups in total. The molecule has 0 spiro atoms. The molecule has 0 aliphatic heterocycles. The van der Waals surface area contributed by atoms with Gasteiger partial charge in [0.1, 0.15) is 0 Å². The summed E-state index contributed by atoms with van der Waals surface area (Å²) in [6.07, 6.45) is 1.61. The fraction of sp³-hybridized carbons (Fsp3) is 0.133. The molecule has 1 aromatic carbocycles. The summed E-state index contributed by atoms with van der Waals surface area (Å²) in [6.45, 7) is 0. The molecule has 0 aliphatic carbocycles. The third-order valence-corrected chi connectivity index (χ3v) is 3.75. The Morgan fingerprint density at radius 1 is 1.22 bits per heavy atom. The highest BCUT2D eigenvalue weighted by Crippen LogP contribution is 2.32. The molecule has 0 unspecified atom stereocenters. The van der Waals surface area contributed by atoms with Gasteiger partial charge in [-0.3, -0.25) is 10.1 Å². The molecule has 2 heterocycles. The van der Waals surface area contributed by atoms with Crippen LogP contribution < -0.4 is 14.8 Å². The van der Waals surface area contributed by atoms with Crippen LogP contribution in [0.5, 0.6) is 11.5 Å². The smallest absolute Gasteiger partial charge is 0.279 e. The van der Waals surface area contributed by atoms with E-state index in [1.54, 1.807) is 50.1 Å². The van der Waals surface area contributed by atoms with Gasteiger partial charge >= 0.3 is 0 Å². The molecule has 0 saturated heterocycles. The number of carbonyl (C=O) groups excluding carboxylic acids is 1. The molecule has 0 atom stereocenters. The maximum atomic E-state index is 12.1. The number of amides is 1. The van der Waals surface area contributed by atoms with Crippen LogP contribution in [-0.4, -0.2) is 30.3 Å². The number of carbonyl (C=O) groups is 1. The number of methoxy groups -OCH3 is 2. The molecule has 0 bridgehead atoms. The molecular formula is C15H13N3O4S. The standard InChI is InChI=1S/C15H13N3O4S/c1-20-11-4-3-9(7-13(11)21-2)12-8-10(18-22-12)14(19)17-15-16-5-6-23-15/h3-8H,1-2H3,(H,16,17,19). The largest absolute Gasteiger partial charge is 0.493 e. The quantitative estimate of drug-likeness (QED) is 0.773. The molecule has 3 aromatic rings. The van der Waals surface area contributed by atoms with Gasteiger partial charge in [0.15, 0.2) is 28.1 Å². The first-order valence-electron chi connectivity index (χ1n) is 6.61. The zero-order chi connectivity index (χ0) is 16.2. The van der Waals surface area contributed by atoms with Gasteiger partial charge < -0.3 is 14.0 Å². The van der Waals surface area contributed by atoms with E-state index in [-0.39, 0.29) is 11.6 Å². The highest BCUT2D eigenvalue weighted by molar-refractivity contribution is 7.13. The molecule has 1 amide bonds. The Hall–Kier alpha value is -2.87. The van der Waals surface area contributed by atoms with Gasteiger partial charge in [0.25, 0.3) is 5.91 Å². The van der Waals surface area contributed by atoms with E-state index in [4.69, 9.17) is 14.0 Å². The normalized spacial score (nSPS) is 10.3. The number of nitrogens with zero attached hydrogens (tertiary/aromatic N) is 2. The van der Waals surface area contributed by atoms with Crippen LogP contribution >= 0.6 is 11.3 Å². The van der Waals surface area contributed by atoms with Crippen molar-refractivity contribution in [1.82, 2.24) is 10.1 Å². The molecule has 0 saturated carbocycles. The van der Waals surface area contributed by atoms with Crippen LogP contribution in [0.3, 0.4) is 0 Å². The van der Waals surface area contributed by atoms with E-state index in [1.807, 2.05) is 0 Å². The number of hydrogen-bond acceptors (Lipinski definition) is 7. The SMILES string of the molecule is COc1ccc(-c2cc(C(=O)Nc3nccs3)no2)cc1OC. The third kappa shape index (κ3) is 3.16. The summed E-state index contributed by atoms with van der Waals surface area (Å²) in [5, 5.41) is 8.71. The van der Waals surface area contributed by atoms with Crippen LogP contribution in [0, 0.1) is 0 Å². The van der Waals surface area contributed by atoms with Crippen LogP contribution in [0.4, 0.5) is 5.13 Å². The predicted molar refractivity (Wildman–Crippen MR) is 85.1 cm³/mol. The molecule has 0 aliphatic rings. The van der Waals surface area contributed by atoms with Crippen molar-refractivity contribution in [3.8, 4) is 22.8 Å². The summed E-state index contributed by atoms with van der Waals surface area (Å²) in [5.41, 5.74) is 0.897. The summed E-state index contributed by atoms with van der Waals surface area (Å²) >= 11 is 1.33. The first-order chi connectivity index (χ1) is 11.2. The molecular weight excluding hydrogens is 318 g/mol. The minimum Gasteiger partial charge on any atom is -0.493 e. The minimum absolute atomic E-state index is 0.171. The van der Waals surface area contributed by atoms with Crippen LogP contribution in [-0.2, 0) is 0 Å². The average molecular weight is 331 g/mol. The Bertz CT molecular complexity index is 814. The van der Waals surface area contributed by atoms with Crippen LogP contribution in [0.25, 0.3) is 11.3 Å². The van der Waals surface area contributed by atoms with Crippen molar-refractivity contribution in [3.05, 3.63) is 41.5 Å². The average Bonchev–Trinajstić information content (AvgIpc) is 3.25. The third-order valence-electron chi connectivity index (χ3n) is 3.06. The fourth-order valence-corrected chi connectivity index (χ4v) is 2.48. The Kier molecular flexibility index (Phi) is 4.24. The molecule has 23 heavy (non-hydrogen) atoms. The van der Waals surface area contributed by atoms with E-state index in [0.717, 1.165) is 5.56 Å².